The van der Waals surface area contributed by atoms with Gasteiger partial charge >= 0.3 is 0 Å². The molecular weight excluding hydrogens is 309 g/mol. The topological polar surface area (TPSA) is 12.9 Å². The maximum Gasteiger partial charge on any atom is 0.0718 e. The number of pyridine rings is 1. The number of aryl methyl sites for hydroxylation is 1. The molecule has 0 N–H and O–H groups in total. The van der Waals surface area contributed by atoms with Crippen LogP contribution in [-0.4, -0.2) is 4.98 Å². The van der Waals surface area contributed by atoms with Crippen LogP contribution in [0.1, 0.15) is 36.4 Å². The van der Waals surface area contributed by atoms with Crippen LogP contribution >= 0.6 is 22.6 Å². The molecule has 1 nitrogen and oxygen atoms in total. The lowest BCUT2D eigenvalue weighted by Gasteiger charge is -2.25. The summed E-state index contributed by atoms with van der Waals surface area (Å²) in [6.07, 6.45) is 4.01. The highest BCUT2D eigenvalue weighted by Crippen LogP contribution is 2.36. The van der Waals surface area contributed by atoms with Crippen LogP contribution in [0.2, 0.25) is 0 Å². The highest BCUT2D eigenvalue weighted by Gasteiger charge is 2.21. The van der Waals surface area contributed by atoms with E-state index >= 15 is 0 Å². The van der Waals surface area contributed by atoms with Crippen molar-refractivity contribution in [3.05, 3.63) is 39.1 Å². The third-order valence-corrected chi connectivity index (χ3v) is 4.19. The minimum atomic E-state index is 0.723. The van der Waals surface area contributed by atoms with Crippen molar-refractivity contribution in [2.24, 2.45) is 0 Å². The van der Waals surface area contributed by atoms with E-state index in [4.69, 9.17) is 4.98 Å². The Balaban J connectivity index is 2.18. The first kappa shape index (κ1) is 10.5. The van der Waals surface area contributed by atoms with Crippen LogP contribution in [0.15, 0.2) is 24.3 Å². The third-order valence-electron chi connectivity index (χ3n) is 3.52. The van der Waals surface area contributed by atoms with Gasteiger partial charge in [0.1, 0.15) is 0 Å². The van der Waals surface area contributed by atoms with Gasteiger partial charge in [-0.15, -0.1) is 0 Å². The summed E-state index contributed by atoms with van der Waals surface area (Å²) in [7, 11) is 0. The van der Waals surface area contributed by atoms with E-state index < -0.39 is 0 Å². The summed E-state index contributed by atoms with van der Waals surface area (Å²) < 4.78 is 1.27. The van der Waals surface area contributed by atoms with Gasteiger partial charge in [0.05, 0.1) is 5.52 Å². The number of benzene rings is 1. The minimum Gasteiger partial charge on any atom is -0.252 e. The fourth-order valence-electron chi connectivity index (χ4n) is 2.31. The highest BCUT2D eigenvalue weighted by atomic mass is 127. The van der Waals surface area contributed by atoms with Gasteiger partial charge in [-0.3, -0.25) is 4.98 Å². The molecule has 0 unspecified atom stereocenters. The number of aromatic nitrogens is 1. The Kier molecular flexibility index (Phi) is 2.62. The minimum absolute atomic E-state index is 0.723. The summed E-state index contributed by atoms with van der Waals surface area (Å²) in [4.78, 5) is 4.81. The Hall–Kier alpha value is -0.640. The maximum absolute atomic E-state index is 4.81. The first-order valence-corrected chi connectivity index (χ1v) is 6.89. The summed E-state index contributed by atoms with van der Waals surface area (Å²) in [5.74, 6) is 0.723. The molecule has 1 heterocycles. The summed E-state index contributed by atoms with van der Waals surface area (Å²) >= 11 is 2.35. The fourth-order valence-corrected chi connectivity index (χ4v) is 2.79. The molecule has 0 spiro atoms. The Morgan fingerprint density at radius 2 is 2.06 bits per heavy atom. The maximum atomic E-state index is 4.81. The molecule has 1 aromatic carbocycles. The van der Waals surface area contributed by atoms with E-state index in [1.807, 2.05) is 0 Å². The zero-order chi connectivity index (χ0) is 11.1. The lowest BCUT2D eigenvalue weighted by molar-refractivity contribution is 0.412. The second kappa shape index (κ2) is 3.99. The van der Waals surface area contributed by atoms with Crippen molar-refractivity contribution in [2.75, 3.05) is 0 Å². The quantitative estimate of drug-likeness (QED) is 0.708. The average Bonchev–Trinajstić information content (AvgIpc) is 2.13. The van der Waals surface area contributed by atoms with E-state index in [-0.39, 0.29) is 0 Å². The van der Waals surface area contributed by atoms with E-state index in [0.717, 1.165) is 11.4 Å². The molecule has 0 radical (unpaired) electrons. The Morgan fingerprint density at radius 1 is 1.25 bits per heavy atom. The number of hydrogen-bond donors (Lipinski definition) is 0. The number of fused-ring (bicyclic) bond motifs is 1. The molecule has 2 heteroatoms. The van der Waals surface area contributed by atoms with E-state index in [1.54, 1.807) is 0 Å². The molecule has 1 aromatic heterocycles. The average molecular weight is 323 g/mol. The van der Waals surface area contributed by atoms with Crippen molar-refractivity contribution in [1.29, 1.82) is 0 Å². The molecule has 3 rings (SSSR count). The SMILES string of the molecule is Cc1cc(C2CCC2)nc2cc(I)ccc12. The van der Waals surface area contributed by atoms with Crippen molar-refractivity contribution in [2.45, 2.75) is 32.1 Å². The fraction of sp³-hybridized carbons (Fsp3) is 0.357. The Morgan fingerprint density at radius 3 is 2.75 bits per heavy atom. The van der Waals surface area contributed by atoms with Crippen LogP contribution in [0, 0.1) is 10.5 Å². The van der Waals surface area contributed by atoms with E-state index in [2.05, 4.69) is 53.8 Å². The largest absolute Gasteiger partial charge is 0.252 e. The Bertz CT molecular complexity index is 544. The lowest BCUT2D eigenvalue weighted by Crippen LogP contribution is -2.10. The number of hydrogen-bond acceptors (Lipinski definition) is 1. The molecule has 0 atom stereocenters. The molecule has 1 aliphatic carbocycles. The van der Waals surface area contributed by atoms with E-state index in [1.165, 1.54) is 39.5 Å². The van der Waals surface area contributed by atoms with Gasteiger partial charge in [-0.1, -0.05) is 12.5 Å². The van der Waals surface area contributed by atoms with Crippen molar-refractivity contribution in [3.8, 4) is 0 Å². The van der Waals surface area contributed by atoms with Gasteiger partial charge in [0, 0.05) is 20.6 Å². The number of halogens is 1. The summed E-state index contributed by atoms with van der Waals surface area (Å²) in [5, 5.41) is 1.29. The van der Waals surface area contributed by atoms with Crippen molar-refractivity contribution >= 4 is 33.5 Å². The standard InChI is InChI=1S/C14H14IN/c1-9-7-13(10-3-2-4-10)16-14-8-11(15)5-6-12(9)14/h5-8,10H,2-4H2,1H3. The molecule has 0 saturated heterocycles. The first-order valence-electron chi connectivity index (χ1n) is 5.81. The molecule has 0 aliphatic heterocycles. The summed E-state index contributed by atoms with van der Waals surface area (Å²) in [6.45, 7) is 2.19. The lowest BCUT2D eigenvalue weighted by atomic mass is 9.82. The van der Waals surface area contributed by atoms with Gasteiger partial charge in [-0.2, -0.15) is 0 Å². The molecular formula is C14H14IN. The molecule has 0 amide bonds. The van der Waals surface area contributed by atoms with Gasteiger partial charge in [0.25, 0.3) is 0 Å². The van der Waals surface area contributed by atoms with E-state index in [9.17, 15) is 0 Å². The van der Waals surface area contributed by atoms with Gasteiger partial charge in [0.15, 0.2) is 0 Å². The van der Waals surface area contributed by atoms with Gasteiger partial charge in [0.2, 0.25) is 0 Å². The predicted octanol–water partition coefficient (Wildman–Crippen LogP) is 4.42. The molecule has 2 aromatic rings. The van der Waals surface area contributed by atoms with Crippen LogP contribution in [0.25, 0.3) is 10.9 Å². The van der Waals surface area contributed by atoms with Gasteiger partial charge in [-0.25, -0.2) is 0 Å². The third kappa shape index (κ3) is 1.73. The molecule has 1 saturated carbocycles. The summed E-state index contributed by atoms with van der Waals surface area (Å²) in [5.41, 5.74) is 3.83. The van der Waals surface area contributed by atoms with Crippen LogP contribution in [0.3, 0.4) is 0 Å². The molecule has 16 heavy (non-hydrogen) atoms. The normalized spacial score (nSPS) is 16.4. The van der Waals surface area contributed by atoms with Crippen LogP contribution in [0.5, 0.6) is 0 Å². The number of nitrogens with zero attached hydrogens (tertiary/aromatic N) is 1. The summed E-state index contributed by atoms with van der Waals surface area (Å²) in [6, 6.07) is 8.80. The molecule has 1 aliphatic rings. The molecule has 1 fully saturated rings. The predicted molar refractivity (Wildman–Crippen MR) is 75.8 cm³/mol. The molecule has 82 valence electrons. The van der Waals surface area contributed by atoms with Gasteiger partial charge in [-0.05, 0) is 66.1 Å². The molecule has 0 bridgehead atoms. The zero-order valence-corrected chi connectivity index (χ0v) is 11.5. The second-order valence-electron chi connectivity index (χ2n) is 4.65. The van der Waals surface area contributed by atoms with Crippen molar-refractivity contribution < 1.29 is 0 Å². The second-order valence-corrected chi connectivity index (χ2v) is 5.90. The van der Waals surface area contributed by atoms with Crippen LogP contribution in [0.4, 0.5) is 0 Å². The number of rotatable bonds is 1. The monoisotopic (exact) mass is 323 g/mol. The van der Waals surface area contributed by atoms with Crippen molar-refractivity contribution in [3.63, 3.8) is 0 Å². The highest BCUT2D eigenvalue weighted by molar-refractivity contribution is 14.1. The zero-order valence-electron chi connectivity index (χ0n) is 9.33. The van der Waals surface area contributed by atoms with Crippen LogP contribution in [-0.2, 0) is 0 Å². The van der Waals surface area contributed by atoms with Crippen molar-refractivity contribution in [1.82, 2.24) is 4.98 Å². The Labute approximate surface area is 109 Å². The van der Waals surface area contributed by atoms with Crippen LogP contribution < -0.4 is 0 Å². The first-order chi connectivity index (χ1) is 7.74. The smallest absolute Gasteiger partial charge is 0.0718 e. The van der Waals surface area contributed by atoms with E-state index in [0.29, 0.717) is 0 Å². The van der Waals surface area contributed by atoms with Gasteiger partial charge < -0.3 is 0 Å².